The molecule has 4 amide bonds. The monoisotopic (exact) mass is 414 g/mol. The van der Waals surface area contributed by atoms with E-state index in [2.05, 4.69) is 29.8 Å². The van der Waals surface area contributed by atoms with Crippen molar-refractivity contribution in [3.05, 3.63) is 34.9 Å². The smallest absolute Gasteiger partial charge is 0.262 e. The molecule has 4 rings (SSSR count). The first-order valence-electron chi connectivity index (χ1n) is 10.2. The Kier molecular flexibility index (Phi) is 5.44. The number of fused-ring (bicyclic) bond motifs is 1. The highest BCUT2D eigenvalue weighted by Gasteiger charge is 2.44. The number of hydrogen-bond acceptors (Lipinski definition) is 7. The molecule has 3 aliphatic heterocycles. The van der Waals surface area contributed by atoms with E-state index in [1.165, 1.54) is 0 Å². The number of nitrogens with zero attached hydrogens (tertiary/aromatic N) is 1. The largest absolute Gasteiger partial charge is 0.374 e. The van der Waals surface area contributed by atoms with Crippen molar-refractivity contribution in [3.8, 4) is 0 Å². The first kappa shape index (κ1) is 20.6. The van der Waals surface area contributed by atoms with Gasteiger partial charge in [-0.3, -0.25) is 29.4 Å². The minimum atomic E-state index is -0.947. The predicted molar refractivity (Wildman–Crippen MR) is 107 cm³/mol. The van der Waals surface area contributed by atoms with Crippen LogP contribution >= 0.6 is 0 Å². The summed E-state index contributed by atoms with van der Waals surface area (Å²) >= 11 is 0. The van der Waals surface area contributed by atoms with E-state index in [0.29, 0.717) is 25.3 Å². The summed E-state index contributed by atoms with van der Waals surface area (Å²) in [7, 11) is 0. The molecule has 0 saturated carbocycles. The van der Waals surface area contributed by atoms with Gasteiger partial charge in [-0.05, 0) is 38.0 Å². The second kappa shape index (κ2) is 7.90. The van der Waals surface area contributed by atoms with Crippen LogP contribution in [0.4, 0.5) is 0 Å². The standard InChI is InChI=1S/C21H26N4O5/c1-21(2)11-30-13(10-23-21)9-22-8-12-3-4-14-15(7-12)20(29)25(19(14)28)16-5-6-17(26)24-18(16)27/h3-4,7,13,16,22-23H,5-6,8-11H2,1-2H3,(H,24,26,27). The van der Waals surface area contributed by atoms with Gasteiger partial charge in [0.05, 0.1) is 23.8 Å². The molecule has 160 valence electrons. The molecule has 2 fully saturated rings. The van der Waals surface area contributed by atoms with E-state index >= 15 is 0 Å². The molecule has 0 bridgehead atoms. The fourth-order valence-corrected chi connectivity index (χ4v) is 3.96. The Hall–Kier alpha value is -2.62. The maximum atomic E-state index is 12.9. The zero-order valence-electron chi connectivity index (χ0n) is 17.1. The minimum Gasteiger partial charge on any atom is -0.374 e. The van der Waals surface area contributed by atoms with E-state index in [4.69, 9.17) is 4.74 Å². The number of benzene rings is 1. The average molecular weight is 414 g/mol. The summed E-state index contributed by atoms with van der Waals surface area (Å²) in [5, 5.41) is 8.96. The van der Waals surface area contributed by atoms with Crippen LogP contribution in [0, 0.1) is 0 Å². The molecule has 9 heteroatoms. The van der Waals surface area contributed by atoms with Crippen molar-refractivity contribution in [1.29, 1.82) is 0 Å². The molecule has 9 nitrogen and oxygen atoms in total. The van der Waals surface area contributed by atoms with Crippen molar-refractivity contribution < 1.29 is 23.9 Å². The molecule has 2 saturated heterocycles. The second-order valence-electron chi connectivity index (χ2n) is 8.66. The molecule has 3 N–H and O–H groups in total. The normalized spacial score (nSPS) is 26.0. The molecule has 0 aliphatic carbocycles. The lowest BCUT2D eigenvalue weighted by Gasteiger charge is -2.36. The molecule has 2 unspecified atom stereocenters. The fourth-order valence-electron chi connectivity index (χ4n) is 3.96. The Morgan fingerprint density at radius 3 is 2.63 bits per heavy atom. The van der Waals surface area contributed by atoms with Gasteiger partial charge in [0.15, 0.2) is 0 Å². The van der Waals surface area contributed by atoms with Crippen molar-refractivity contribution in [2.75, 3.05) is 19.7 Å². The third-order valence-electron chi connectivity index (χ3n) is 5.69. The summed E-state index contributed by atoms with van der Waals surface area (Å²) in [6.45, 7) is 6.78. The van der Waals surface area contributed by atoms with E-state index in [1.807, 2.05) is 0 Å². The SMILES string of the molecule is CC1(C)COC(CNCc2ccc3c(c2)C(=O)N(C2CCC(=O)NC2=O)C3=O)CN1. The van der Waals surface area contributed by atoms with Gasteiger partial charge >= 0.3 is 0 Å². The van der Waals surface area contributed by atoms with Crippen LogP contribution < -0.4 is 16.0 Å². The third kappa shape index (κ3) is 4.00. The van der Waals surface area contributed by atoms with Crippen LogP contribution in [-0.2, 0) is 20.9 Å². The lowest BCUT2D eigenvalue weighted by Crippen LogP contribution is -2.55. The van der Waals surface area contributed by atoms with Gasteiger partial charge in [0, 0.05) is 31.6 Å². The Bertz CT molecular complexity index is 903. The number of piperidine rings is 1. The number of imide groups is 2. The van der Waals surface area contributed by atoms with E-state index < -0.39 is 23.8 Å². The molecular formula is C21H26N4O5. The van der Waals surface area contributed by atoms with Gasteiger partial charge in [-0.15, -0.1) is 0 Å². The minimum absolute atomic E-state index is 0.0161. The summed E-state index contributed by atoms with van der Waals surface area (Å²) in [6, 6.07) is 4.17. The molecule has 0 aromatic heterocycles. The van der Waals surface area contributed by atoms with E-state index in [0.717, 1.165) is 17.0 Å². The van der Waals surface area contributed by atoms with Crippen LogP contribution in [0.1, 0.15) is 53.0 Å². The van der Waals surface area contributed by atoms with Crippen LogP contribution in [-0.4, -0.2) is 65.9 Å². The molecule has 0 spiro atoms. The average Bonchev–Trinajstić information content (AvgIpc) is 2.94. The number of nitrogens with one attached hydrogen (secondary N) is 3. The molecule has 30 heavy (non-hydrogen) atoms. The van der Waals surface area contributed by atoms with E-state index in [9.17, 15) is 19.2 Å². The van der Waals surface area contributed by atoms with Crippen LogP contribution in [0.25, 0.3) is 0 Å². The van der Waals surface area contributed by atoms with Crippen molar-refractivity contribution in [3.63, 3.8) is 0 Å². The highest BCUT2D eigenvalue weighted by atomic mass is 16.5. The number of carbonyl (C=O) groups is 4. The first-order chi connectivity index (χ1) is 14.2. The number of morpholine rings is 1. The van der Waals surface area contributed by atoms with Crippen molar-refractivity contribution in [2.45, 2.75) is 50.9 Å². The number of rotatable bonds is 5. The van der Waals surface area contributed by atoms with E-state index in [1.54, 1.807) is 18.2 Å². The summed E-state index contributed by atoms with van der Waals surface area (Å²) in [4.78, 5) is 50.1. The highest BCUT2D eigenvalue weighted by molar-refractivity contribution is 6.23. The Morgan fingerprint density at radius 2 is 1.93 bits per heavy atom. The lowest BCUT2D eigenvalue weighted by atomic mass is 10.0. The quantitative estimate of drug-likeness (QED) is 0.578. The molecule has 1 aromatic rings. The number of ether oxygens (including phenoxy) is 1. The maximum Gasteiger partial charge on any atom is 0.262 e. The van der Waals surface area contributed by atoms with Crippen LogP contribution in [0.3, 0.4) is 0 Å². The van der Waals surface area contributed by atoms with Gasteiger partial charge in [-0.2, -0.15) is 0 Å². The van der Waals surface area contributed by atoms with Crippen molar-refractivity contribution >= 4 is 23.6 Å². The Labute approximate surface area is 174 Å². The maximum absolute atomic E-state index is 12.9. The molecule has 3 heterocycles. The van der Waals surface area contributed by atoms with Crippen molar-refractivity contribution in [1.82, 2.24) is 20.9 Å². The number of hydrogen-bond donors (Lipinski definition) is 3. The van der Waals surface area contributed by atoms with Crippen LogP contribution in [0.5, 0.6) is 0 Å². The third-order valence-corrected chi connectivity index (χ3v) is 5.69. The number of carbonyl (C=O) groups excluding carboxylic acids is 4. The van der Waals surface area contributed by atoms with E-state index in [-0.39, 0.29) is 36.0 Å². The zero-order valence-corrected chi connectivity index (χ0v) is 17.1. The summed E-state index contributed by atoms with van der Waals surface area (Å²) in [5.74, 6) is -1.98. The van der Waals surface area contributed by atoms with Gasteiger partial charge in [0.2, 0.25) is 11.8 Å². The summed E-state index contributed by atoms with van der Waals surface area (Å²) in [6.07, 6.45) is 0.323. The fraction of sp³-hybridized carbons (Fsp3) is 0.524. The topological polar surface area (TPSA) is 117 Å². The summed E-state index contributed by atoms with van der Waals surface area (Å²) < 4.78 is 5.84. The molecule has 0 radical (unpaired) electrons. The lowest BCUT2D eigenvalue weighted by molar-refractivity contribution is -0.136. The highest BCUT2D eigenvalue weighted by Crippen LogP contribution is 2.28. The van der Waals surface area contributed by atoms with Crippen LogP contribution in [0.2, 0.25) is 0 Å². The van der Waals surface area contributed by atoms with Gasteiger partial charge in [-0.1, -0.05) is 6.07 Å². The Balaban J connectivity index is 1.38. The predicted octanol–water partition coefficient (Wildman–Crippen LogP) is -0.0556. The second-order valence-corrected chi connectivity index (χ2v) is 8.66. The summed E-state index contributed by atoms with van der Waals surface area (Å²) in [5.41, 5.74) is 1.43. The van der Waals surface area contributed by atoms with Gasteiger partial charge in [0.25, 0.3) is 11.8 Å². The first-order valence-corrected chi connectivity index (χ1v) is 10.2. The molecular weight excluding hydrogens is 388 g/mol. The van der Waals surface area contributed by atoms with Crippen LogP contribution in [0.15, 0.2) is 18.2 Å². The van der Waals surface area contributed by atoms with Crippen molar-refractivity contribution in [2.24, 2.45) is 0 Å². The number of amides is 4. The van der Waals surface area contributed by atoms with Gasteiger partial charge in [0.1, 0.15) is 6.04 Å². The van der Waals surface area contributed by atoms with Gasteiger partial charge < -0.3 is 15.4 Å². The molecule has 2 atom stereocenters. The Morgan fingerprint density at radius 1 is 1.17 bits per heavy atom. The zero-order chi connectivity index (χ0) is 21.5. The molecule has 1 aromatic carbocycles. The van der Waals surface area contributed by atoms with Gasteiger partial charge in [-0.25, -0.2) is 0 Å². The molecule has 3 aliphatic rings.